The number of urea groups is 1. The van der Waals surface area contributed by atoms with Crippen LogP contribution in [0.5, 0.6) is 0 Å². The number of carboxylic acid groups (broad SMARTS) is 3. The number of unbranched alkanes of at least 4 members (excludes halogenated alkanes) is 1. The number of carbonyl (C=O) groups excluding carboxylic acids is 1. The van der Waals surface area contributed by atoms with Gasteiger partial charge in [0, 0.05) is 6.42 Å². The zero-order valence-corrected chi connectivity index (χ0v) is 12.9. The molecule has 23 heavy (non-hydrogen) atoms. The maximum Gasteiger partial charge on any atom is 0.326 e. The summed E-state index contributed by atoms with van der Waals surface area (Å²) in [7, 11) is 1.77. The van der Waals surface area contributed by atoms with Crippen molar-refractivity contribution < 1.29 is 34.5 Å². The second-order valence-corrected chi connectivity index (χ2v) is 4.93. The molecule has 132 valence electrons. The Morgan fingerprint density at radius 2 is 1.39 bits per heavy atom. The Labute approximate surface area is 133 Å². The molecule has 0 radical (unpaired) electrons. The van der Waals surface area contributed by atoms with E-state index in [0.29, 0.717) is 6.42 Å². The third kappa shape index (κ3) is 10.1. The monoisotopic (exact) mass is 333 g/mol. The number of hydrogen-bond acceptors (Lipinski definition) is 5. The van der Waals surface area contributed by atoms with Gasteiger partial charge in [-0.3, -0.25) is 4.79 Å². The van der Waals surface area contributed by atoms with E-state index in [1.165, 1.54) is 0 Å². The van der Waals surface area contributed by atoms with Crippen LogP contribution in [0.3, 0.4) is 0 Å². The van der Waals surface area contributed by atoms with Crippen molar-refractivity contribution in [3.63, 3.8) is 0 Å². The fraction of sp³-hybridized carbons (Fsp3) is 0.692. The molecule has 0 heterocycles. The van der Waals surface area contributed by atoms with Crippen molar-refractivity contribution in [3.05, 3.63) is 0 Å². The molecule has 0 aliphatic carbocycles. The highest BCUT2D eigenvalue weighted by molar-refractivity contribution is 5.86. The van der Waals surface area contributed by atoms with E-state index >= 15 is 0 Å². The number of carbonyl (C=O) groups is 4. The molecule has 0 aliphatic heterocycles. The Hall–Kier alpha value is -2.36. The van der Waals surface area contributed by atoms with Gasteiger partial charge in [-0.25, -0.2) is 14.4 Å². The molecule has 10 nitrogen and oxygen atoms in total. The van der Waals surface area contributed by atoms with E-state index in [2.05, 4.69) is 16.0 Å². The third-order valence-electron chi connectivity index (χ3n) is 3.02. The molecule has 0 rings (SSSR count). The summed E-state index contributed by atoms with van der Waals surface area (Å²) in [4.78, 5) is 44.2. The largest absolute Gasteiger partial charge is 0.481 e. The van der Waals surface area contributed by atoms with E-state index < -0.39 is 42.4 Å². The van der Waals surface area contributed by atoms with Gasteiger partial charge in [0.2, 0.25) is 0 Å². The molecule has 0 aliphatic rings. The van der Waals surface area contributed by atoms with E-state index in [-0.39, 0.29) is 12.8 Å². The average Bonchev–Trinajstić information content (AvgIpc) is 2.45. The SMILES string of the molecule is CNCCCC[C@H](NC(=O)NC(CCC(=O)O)C(=O)O)C(=O)O. The van der Waals surface area contributed by atoms with Crippen LogP contribution >= 0.6 is 0 Å². The highest BCUT2D eigenvalue weighted by Gasteiger charge is 2.24. The van der Waals surface area contributed by atoms with Crippen molar-refractivity contribution >= 4 is 23.9 Å². The summed E-state index contributed by atoms with van der Waals surface area (Å²) in [5.74, 6) is -3.80. The van der Waals surface area contributed by atoms with Gasteiger partial charge >= 0.3 is 23.9 Å². The van der Waals surface area contributed by atoms with Gasteiger partial charge in [-0.1, -0.05) is 0 Å². The Balaban J connectivity index is 4.44. The lowest BCUT2D eigenvalue weighted by Gasteiger charge is -2.18. The summed E-state index contributed by atoms with van der Waals surface area (Å²) < 4.78 is 0. The molecular weight excluding hydrogens is 310 g/mol. The van der Waals surface area contributed by atoms with Gasteiger partial charge in [0.05, 0.1) is 0 Å². The molecular formula is C13H23N3O7. The summed E-state index contributed by atoms with van der Waals surface area (Å²) in [5.41, 5.74) is 0. The Bertz CT molecular complexity index is 428. The summed E-state index contributed by atoms with van der Waals surface area (Å²) >= 11 is 0. The molecule has 2 amide bonds. The van der Waals surface area contributed by atoms with Crippen molar-refractivity contribution in [2.24, 2.45) is 0 Å². The van der Waals surface area contributed by atoms with Crippen molar-refractivity contribution in [1.82, 2.24) is 16.0 Å². The minimum Gasteiger partial charge on any atom is -0.481 e. The molecule has 0 saturated carbocycles. The van der Waals surface area contributed by atoms with Crippen LogP contribution in [0, 0.1) is 0 Å². The predicted octanol–water partition coefficient (Wildman–Crippen LogP) is -0.553. The molecule has 0 bridgehead atoms. The average molecular weight is 333 g/mol. The normalized spacial score (nSPS) is 12.9. The highest BCUT2D eigenvalue weighted by atomic mass is 16.4. The van der Waals surface area contributed by atoms with Crippen molar-refractivity contribution in [3.8, 4) is 0 Å². The van der Waals surface area contributed by atoms with Gasteiger partial charge in [0.25, 0.3) is 0 Å². The number of nitrogens with one attached hydrogen (secondary N) is 3. The predicted molar refractivity (Wildman–Crippen MR) is 79.2 cm³/mol. The highest BCUT2D eigenvalue weighted by Crippen LogP contribution is 2.02. The number of carboxylic acids is 3. The third-order valence-corrected chi connectivity index (χ3v) is 3.02. The van der Waals surface area contributed by atoms with E-state index in [0.717, 1.165) is 13.0 Å². The van der Waals surface area contributed by atoms with E-state index in [1.807, 2.05) is 0 Å². The van der Waals surface area contributed by atoms with Gasteiger partial charge in [-0.05, 0) is 39.3 Å². The molecule has 10 heteroatoms. The topological polar surface area (TPSA) is 165 Å². The first-order valence-electron chi connectivity index (χ1n) is 7.17. The quantitative estimate of drug-likeness (QED) is 0.259. The number of rotatable bonds is 12. The molecule has 0 fully saturated rings. The minimum absolute atomic E-state index is 0.206. The number of hydrogen-bond donors (Lipinski definition) is 6. The van der Waals surface area contributed by atoms with Gasteiger partial charge in [-0.15, -0.1) is 0 Å². The van der Waals surface area contributed by atoms with Gasteiger partial charge in [0.1, 0.15) is 12.1 Å². The van der Waals surface area contributed by atoms with E-state index in [9.17, 15) is 19.2 Å². The van der Waals surface area contributed by atoms with Crippen molar-refractivity contribution in [2.75, 3.05) is 13.6 Å². The zero-order valence-electron chi connectivity index (χ0n) is 12.9. The minimum atomic E-state index is -1.40. The maximum atomic E-state index is 11.7. The molecule has 1 unspecified atom stereocenters. The van der Waals surface area contributed by atoms with Crippen LogP contribution in [-0.2, 0) is 14.4 Å². The van der Waals surface area contributed by atoms with Gasteiger partial charge < -0.3 is 31.3 Å². The molecule has 0 aromatic carbocycles. The summed E-state index contributed by atoms with van der Waals surface area (Å²) in [6.07, 6.45) is 0.790. The molecule has 0 saturated heterocycles. The van der Waals surface area contributed by atoms with Crippen LogP contribution in [0.2, 0.25) is 0 Å². The molecule has 0 aromatic rings. The van der Waals surface area contributed by atoms with Crippen molar-refractivity contribution in [2.45, 2.75) is 44.2 Å². The van der Waals surface area contributed by atoms with Crippen LogP contribution < -0.4 is 16.0 Å². The second kappa shape index (κ2) is 11.2. The molecule has 2 atom stereocenters. The Morgan fingerprint density at radius 3 is 1.83 bits per heavy atom. The van der Waals surface area contributed by atoms with E-state index in [1.54, 1.807) is 7.05 Å². The van der Waals surface area contributed by atoms with Gasteiger partial charge in [-0.2, -0.15) is 0 Å². The first-order chi connectivity index (χ1) is 10.8. The van der Waals surface area contributed by atoms with Crippen LogP contribution in [0.25, 0.3) is 0 Å². The summed E-state index contributed by atoms with van der Waals surface area (Å²) in [6.45, 7) is 0.717. The van der Waals surface area contributed by atoms with Crippen LogP contribution in [-0.4, -0.2) is 64.9 Å². The summed E-state index contributed by atoms with van der Waals surface area (Å²) in [6, 6.07) is -3.49. The lowest BCUT2D eigenvalue weighted by Crippen LogP contribution is -2.51. The second-order valence-electron chi connectivity index (χ2n) is 4.93. The lowest BCUT2D eigenvalue weighted by atomic mass is 10.1. The number of amides is 2. The van der Waals surface area contributed by atoms with E-state index in [4.69, 9.17) is 15.3 Å². The number of aliphatic carboxylic acids is 3. The lowest BCUT2D eigenvalue weighted by molar-refractivity contribution is -0.140. The fourth-order valence-electron chi connectivity index (χ4n) is 1.79. The smallest absolute Gasteiger partial charge is 0.326 e. The Morgan fingerprint density at radius 1 is 0.870 bits per heavy atom. The molecule has 0 aromatic heterocycles. The standard InChI is InChI=1S/C13H23N3O7/c1-14-7-3-2-4-8(11(19)20)15-13(23)16-9(12(21)22)5-6-10(17)18/h8-9,14H,2-7H2,1H3,(H,17,18)(H,19,20)(H,21,22)(H2,15,16,23)/t8-,9?/m0/s1. The van der Waals surface area contributed by atoms with Crippen LogP contribution in [0.4, 0.5) is 4.79 Å². The Kier molecular flexibility index (Phi) is 10.1. The first kappa shape index (κ1) is 20.6. The van der Waals surface area contributed by atoms with Crippen LogP contribution in [0.1, 0.15) is 32.1 Å². The fourth-order valence-corrected chi connectivity index (χ4v) is 1.79. The van der Waals surface area contributed by atoms with Crippen molar-refractivity contribution in [1.29, 1.82) is 0 Å². The molecule has 6 N–H and O–H groups in total. The van der Waals surface area contributed by atoms with Gasteiger partial charge in [0.15, 0.2) is 0 Å². The van der Waals surface area contributed by atoms with Crippen LogP contribution in [0.15, 0.2) is 0 Å². The first-order valence-corrected chi connectivity index (χ1v) is 7.17. The zero-order chi connectivity index (χ0) is 17.8. The molecule has 0 spiro atoms. The summed E-state index contributed by atoms with van der Waals surface area (Å²) in [5, 5.41) is 33.7. The maximum absolute atomic E-state index is 11.7.